The molecule has 3 rings (SSSR count). The zero-order valence-electron chi connectivity index (χ0n) is 12.7. The minimum absolute atomic E-state index is 0.0129. The number of nitrogens with zero attached hydrogens (tertiary/aromatic N) is 2. The third-order valence-electron chi connectivity index (χ3n) is 3.22. The number of hydrogen-bond acceptors (Lipinski definition) is 6. The van der Waals surface area contributed by atoms with Gasteiger partial charge in [0.05, 0.1) is 20.9 Å². The van der Waals surface area contributed by atoms with Crippen LogP contribution in [0.2, 0.25) is 0 Å². The second-order valence-corrected chi connectivity index (χ2v) is 7.16. The van der Waals surface area contributed by atoms with E-state index in [0.717, 1.165) is 4.90 Å². The normalized spacial score (nSPS) is 10.7. The summed E-state index contributed by atoms with van der Waals surface area (Å²) in [5.74, 6) is 0.119. The number of aryl methyl sites for hydroxylation is 1. The Kier molecular flexibility index (Phi) is 4.77. The SMILES string of the molecule is Cc1ccc(SCC(=O)Nc2nc3ccc([N+](=O)[O-])cc3s2)cc1. The van der Waals surface area contributed by atoms with Crippen LogP contribution in [0.25, 0.3) is 10.2 Å². The predicted octanol–water partition coefficient (Wildman–Crippen LogP) is 4.24. The molecule has 0 unspecified atom stereocenters. The van der Waals surface area contributed by atoms with E-state index < -0.39 is 4.92 Å². The number of carbonyl (C=O) groups excluding carboxylic acids is 1. The maximum Gasteiger partial charge on any atom is 0.270 e. The van der Waals surface area contributed by atoms with Crippen LogP contribution in [0.15, 0.2) is 47.4 Å². The van der Waals surface area contributed by atoms with Crippen LogP contribution in [-0.2, 0) is 4.79 Å². The van der Waals surface area contributed by atoms with Gasteiger partial charge in [-0.1, -0.05) is 29.0 Å². The lowest BCUT2D eigenvalue weighted by atomic mass is 10.2. The quantitative estimate of drug-likeness (QED) is 0.418. The Morgan fingerprint density at radius 3 is 2.75 bits per heavy atom. The molecule has 8 heteroatoms. The van der Waals surface area contributed by atoms with Gasteiger partial charge in [0.25, 0.3) is 5.69 Å². The highest BCUT2D eigenvalue weighted by atomic mass is 32.2. The van der Waals surface area contributed by atoms with Crippen molar-refractivity contribution in [2.75, 3.05) is 11.1 Å². The lowest BCUT2D eigenvalue weighted by Gasteiger charge is -2.02. The minimum atomic E-state index is -0.449. The molecule has 24 heavy (non-hydrogen) atoms. The van der Waals surface area contributed by atoms with E-state index in [1.807, 2.05) is 31.2 Å². The summed E-state index contributed by atoms with van der Waals surface area (Å²) in [5.41, 5.74) is 1.82. The fraction of sp³-hybridized carbons (Fsp3) is 0.125. The molecule has 0 saturated carbocycles. The average molecular weight is 359 g/mol. The Hall–Kier alpha value is -2.45. The van der Waals surface area contributed by atoms with Crippen LogP contribution in [0, 0.1) is 17.0 Å². The number of non-ortho nitro benzene ring substituents is 1. The van der Waals surface area contributed by atoms with Crippen molar-refractivity contribution < 1.29 is 9.72 Å². The fourth-order valence-corrected chi connectivity index (χ4v) is 3.63. The van der Waals surface area contributed by atoms with E-state index in [-0.39, 0.29) is 17.3 Å². The number of thiazole rings is 1. The number of carbonyl (C=O) groups is 1. The number of hydrogen-bond donors (Lipinski definition) is 1. The number of anilines is 1. The second-order valence-electron chi connectivity index (χ2n) is 5.08. The molecule has 0 bridgehead atoms. The number of nitro benzene ring substituents is 1. The molecule has 0 radical (unpaired) electrons. The van der Waals surface area contributed by atoms with Gasteiger partial charge in [-0.05, 0) is 25.1 Å². The van der Waals surface area contributed by atoms with Crippen molar-refractivity contribution in [2.45, 2.75) is 11.8 Å². The molecule has 1 amide bonds. The van der Waals surface area contributed by atoms with E-state index in [2.05, 4.69) is 10.3 Å². The summed E-state index contributed by atoms with van der Waals surface area (Å²) in [4.78, 5) is 27.7. The molecule has 1 N–H and O–H groups in total. The van der Waals surface area contributed by atoms with Gasteiger partial charge in [-0.15, -0.1) is 11.8 Å². The van der Waals surface area contributed by atoms with Crippen molar-refractivity contribution in [1.82, 2.24) is 4.98 Å². The van der Waals surface area contributed by atoms with E-state index in [0.29, 0.717) is 15.3 Å². The summed E-state index contributed by atoms with van der Waals surface area (Å²) in [6.45, 7) is 2.01. The molecule has 0 saturated heterocycles. The summed E-state index contributed by atoms with van der Waals surface area (Å²) in [7, 11) is 0. The zero-order chi connectivity index (χ0) is 17.1. The van der Waals surface area contributed by atoms with E-state index in [4.69, 9.17) is 0 Å². The van der Waals surface area contributed by atoms with Crippen LogP contribution in [0.3, 0.4) is 0 Å². The number of thioether (sulfide) groups is 1. The fourth-order valence-electron chi connectivity index (χ4n) is 2.02. The molecule has 122 valence electrons. The van der Waals surface area contributed by atoms with Crippen molar-refractivity contribution in [1.29, 1.82) is 0 Å². The number of amides is 1. The van der Waals surface area contributed by atoms with Crippen molar-refractivity contribution in [3.05, 3.63) is 58.1 Å². The summed E-state index contributed by atoms with van der Waals surface area (Å²) < 4.78 is 0.672. The molecule has 0 spiro atoms. The Balaban J connectivity index is 1.64. The first-order chi connectivity index (χ1) is 11.5. The maximum absolute atomic E-state index is 12.0. The van der Waals surface area contributed by atoms with Crippen LogP contribution in [0.5, 0.6) is 0 Å². The lowest BCUT2D eigenvalue weighted by Crippen LogP contribution is -2.13. The molecule has 0 aliphatic heterocycles. The van der Waals surface area contributed by atoms with Crippen LogP contribution in [-0.4, -0.2) is 21.6 Å². The van der Waals surface area contributed by atoms with Gasteiger partial charge in [0.15, 0.2) is 5.13 Å². The predicted molar refractivity (Wildman–Crippen MR) is 96.8 cm³/mol. The zero-order valence-corrected chi connectivity index (χ0v) is 14.3. The Bertz CT molecular complexity index is 907. The van der Waals surface area contributed by atoms with Crippen LogP contribution >= 0.6 is 23.1 Å². The van der Waals surface area contributed by atoms with Gasteiger partial charge in [0.1, 0.15) is 0 Å². The van der Waals surface area contributed by atoms with Crippen LogP contribution in [0.1, 0.15) is 5.56 Å². The largest absolute Gasteiger partial charge is 0.301 e. The number of nitro groups is 1. The smallest absolute Gasteiger partial charge is 0.270 e. The number of aromatic nitrogens is 1. The van der Waals surface area contributed by atoms with Gasteiger partial charge < -0.3 is 5.32 Å². The number of rotatable bonds is 5. The van der Waals surface area contributed by atoms with E-state index in [1.54, 1.807) is 6.07 Å². The van der Waals surface area contributed by atoms with Gasteiger partial charge in [-0.3, -0.25) is 14.9 Å². The van der Waals surface area contributed by atoms with Gasteiger partial charge in [0, 0.05) is 17.0 Å². The highest BCUT2D eigenvalue weighted by Gasteiger charge is 2.12. The molecule has 0 fully saturated rings. The molecule has 6 nitrogen and oxygen atoms in total. The highest BCUT2D eigenvalue weighted by Crippen LogP contribution is 2.29. The lowest BCUT2D eigenvalue weighted by molar-refractivity contribution is -0.384. The summed E-state index contributed by atoms with van der Waals surface area (Å²) >= 11 is 2.67. The summed E-state index contributed by atoms with van der Waals surface area (Å²) in [6, 6.07) is 12.4. The Morgan fingerprint density at radius 2 is 2.04 bits per heavy atom. The third-order valence-corrected chi connectivity index (χ3v) is 5.17. The Morgan fingerprint density at radius 1 is 1.29 bits per heavy atom. The van der Waals surface area contributed by atoms with Crippen molar-refractivity contribution >= 4 is 50.0 Å². The first kappa shape index (κ1) is 16.4. The molecule has 0 aliphatic rings. The van der Waals surface area contributed by atoms with Gasteiger partial charge in [-0.2, -0.15) is 0 Å². The van der Waals surface area contributed by atoms with Crippen molar-refractivity contribution in [3.8, 4) is 0 Å². The molecule has 1 aromatic heterocycles. The Labute approximate surface area is 146 Å². The highest BCUT2D eigenvalue weighted by molar-refractivity contribution is 8.00. The number of nitrogens with one attached hydrogen (secondary N) is 1. The molecule has 2 aromatic carbocycles. The second kappa shape index (κ2) is 6.98. The van der Waals surface area contributed by atoms with Crippen molar-refractivity contribution in [2.24, 2.45) is 0 Å². The van der Waals surface area contributed by atoms with E-state index in [9.17, 15) is 14.9 Å². The average Bonchev–Trinajstić information content (AvgIpc) is 2.95. The molecular weight excluding hydrogens is 346 g/mol. The van der Waals surface area contributed by atoms with Gasteiger partial charge >= 0.3 is 0 Å². The molecule has 3 aromatic rings. The maximum atomic E-state index is 12.0. The van der Waals surface area contributed by atoms with E-state index in [1.165, 1.54) is 40.8 Å². The summed E-state index contributed by atoms with van der Waals surface area (Å²) in [6.07, 6.45) is 0. The first-order valence-electron chi connectivity index (χ1n) is 7.05. The van der Waals surface area contributed by atoms with Gasteiger partial charge in [0.2, 0.25) is 5.91 Å². The number of fused-ring (bicyclic) bond motifs is 1. The number of benzene rings is 2. The van der Waals surface area contributed by atoms with E-state index >= 15 is 0 Å². The van der Waals surface area contributed by atoms with Crippen LogP contribution in [0.4, 0.5) is 10.8 Å². The van der Waals surface area contributed by atoms with Gasteiger partial charge in [-0.25, -0.2) is 4.98 Å². The molecule has 0 aliphatic carbocycles. The first-order valence-corrected chi connectivity index (χ1v) is 8.86. The molecular formula is C16H13N3O3S2. The summed E-state index contributed by atoms with van der Waals surface area (Å²) in [5, 5.41) is 14.0. The van der Waals surface area contributed by atoms with Crippen molar-refractivity contribution in [3.63, 3.8) is 0 Å². The monoisotopic (exact) mass is 359 g/mol. The topological polar surface area (TPSA) is 85.1 Å². The minimum Gasteiger partial charge on any atom is -0.301 e. The third kappa shape index (κ3) is 3.90. The molecule has 1 heterocycles. The standard InChI is InChI=1S/C16H13N3O3S2/c1-10-2-5-12(6-3-10)23-9-15(20)18-16-17-13-7-4-11(19(21)22)8-14(13)24-16/h2-8H,9H2,1H3,(H,17,18,20). The molecule has 0 atom stereocenters. The van der Waals surface area contributed by atoms with Crippen LogP contribution < -0.4 is 5.32 Å².